The first-order valence-electron chi connectivity index (χ1n) is 6.30. The topological polar surface area (TPSA) is 88.2 Å². The number of carbonyl (C=O) groups is 1. The van der Waals surface area contributed by atoms with E-state index in [1.54, 1.807) is 6.07 Å². The van der Waals surface area contributed by atoms with Crippen molar-refractivity contribution in [2.24, 2.45) is 5.92 Å². The van der Waals surface area contributed by atoms with Gasteiger partial charge >= 0.3 is 6.03 Å². The number of amides is 2. The molecule has 2 amide bonds. The van der Waals surface area contributed by atoms with Crippen molar-refractivity contribution < 1.29 is 13.2 Å². The third-order valence-corrected chi connectivity index (χ3v) is 6.76. The van der Waals surface area contributed by atoms with Gasteiger partial charge in [-0.1, -0.05) is 25.2 Å². The molecule has 2 aromatic rings. The van der Waals surface area contributed by atoms with Gasteiger partial charge in [-0.2, -0.15) is 0 Å². The molecule has 2 rings (SSSR count). The zero-order valence-electron chi connectivity index (χ0n) is 11.8. The number of thiazole rings is 1. The van der Waals surface area contributed by atoms with Crippen LogP contribution in [0.4, 0.5) is 9.93 Å². The standard InChI is InChI=1S/C12H14BrN3O3S3/c1-7(2)5-8-3-4-10(20-8)22(18,19)16-11(17)15-12-14-6-9(13)21-12/h3-4,6-7H,5H2,1-2H3,(H2,14,15,16,17). The average molecular weight is 424 g/mol. The smallest absolute Gasteiger partial charge is 0.283 e. The second kappa shape index (κ2) is 7.07. The van der Waals surface area contributed by atoms with Crippen LogP contribution in [0, 0.1) is 5.92 Å². The second-order valence-corrected chi connectivity index (χ2v) is 10.3. The van der Waals surface area contributed by atoms with Gasteiger partial charge in [0.05, 0.1) is 9.98 Å². The molecule has 0 atom stereocenters. The summed E-state index contributed by atoms with van der Waals surface area (Å²) in [6.07, 6.45) is 2.33. The number of anilines is 1. The van der Waals surface area contributed by atoms with Crippen molar-refractivity contribution in [3.05, 3.63) is 27.0 Å². The summed E-state index contributed by atoms with van der Waals surface area (Å²) in [6.45, 7) is 4.12. The molecule has 0 aromatic carbocycles. The van der Waals surface area contributed by atoms with Crippen molar-refractivity contribution in [1.82, 2.24) is 9.71 Å². The normalized spacial score (nSPS) is 11.6. The molecule has 0 aliphatic rings. The maximum absolute atomic E-state index is 12.1. The largest absolute Gasteiger partial charge is 0.334 e. The van der Waals surface area contributed by atoms with Crippen LogP contribution in [0.5, 0.6) is 0 Å². The summed E-state index contributed by atoms with van der Waals surface area (Å²) in [7, 11) is -3.87. The molecule has 0 unspecified atom stereocenters. The van der Waals surface area contributed by atoms with Crippen LogP contribution in [0.2, 0.25) is 0 Å². The van der Waals surface area contributed by atoms with Crippen molar-refractivity contribution in [1.29, 1.82) is 0 Å². The Morgan fingerprint density at radius 2 is 2.09 bits per heavy atom. The number of carbonyl (C=O) groups excluding carboxylic acids is 1. The van der Waals surface area contributed by atoms with Crippen molar-refractivity contribution in [2.45, 2.75) is 24.5 Å². The lowest BCUT2D eigenvalue weighted by atomic mass is 10.1. The molecule has 10 heteroatoms. The van der Waals surface area contributed by atoms with Crippen molar-refractivity contribution in [3.8, 4) is 0 Å². The second-order valence-electron chi connectivity index (χ2n) is 4.85. The van der Waals surface area contributed by atoms with Crippen LogP contribution in [0.3, 0.4) is 0 Å². The van der Waals surface area contributed by atoms with E-state index in [-0.39, 0.29) is 4.21 Å². The van der Waals surface area contributed by atoms with E-state index in [0.717, 1.165) is 15.1 Å². The molecular weight excluding hydrogens is 410 g/mol. The molecule has 2 N–H and O–H groups in total. The fourth-order valence-electron chi connectivity index (χ4n) is 1.62. The zero-order valence-corrected chi connectivity index (χ0v) is 15.8. The Morgan fingerprint density at radius 3 is 2.68 bits per heavy atom. The Bertz CT molecular complexity index is 767. The average Bonchev–Trinajstić information content (AvgIpc) is 2.97. The van der Waals surface area contributed by atoms with Crippen molar-refractivity contribution in [2.75, 3.05) is 5.32 Å². The zero-order chi connectivity index (χ0) is 16.3. The van der Waals surface area contributed by atoms with Gasteiger partial charge in [-0.25, -0.2) is 22.9 Å². The lowest BCUT2D eigenvalue weighted by Gasteiger charge is -2.05. The first kappa shape index (κ1) is 17.4. The van der Waals surface area contributed by atoms with Crippen LogP contribution in [0.1, 0.15) is 18.7 Å². The number of aromatic nitrogens is 1. The van der Waals surface area contributed by atoms with Crippen LogP contribution in [-0.2, 0) is 16.4 Å². The highest BCUT2D eigenvalue weighted by Gasteiger charge is 2.20. The first-order chi connectivity index (χ1) is 10.3. The van der Waals surface area contributed by atoms with Gasteiger partial charge in [0.2, 0.25) is 0 Å². The van der Waals surface area contributed by atoms with Crippen LogP contribution in [0.15, 0.2) is 26.3 Å². The van der Waals surface area contributed by atoms with Crippen molar-refractivity contribution >= 4 is 59.8 Å². The third kappa shape index (κ3) is 4.77. The van der Waals surface area contributed by atoms with Crippen molar-refractivity contribution in [3.63, 3.8) is 0 Å². The highest BCUT2D eigenvalue weighted by atomic mass is 79.9. The predicted molar refractivity (Wildman–Crippen MR) is 92.0 cm³/mol. The maximum atomic E-state index is 12.1. The van der Waals surface area contributed by atoms with Gasteiger partial charge in [0.15, 0.2) is 5.13 Å². The van der Waals surface area contributed by atoms with Crippen LogP contribution in [-0.4, -0.2) is 19.4 Å². The van der Waals surface area contributed by atoms with E-state index in [1.807, 2.05) is 4.72 Å². The van der Waals surface area contributed by atoms with Gasteiger partial charge < -0.3 is 0 Å². The number of rotatable bonds is 5. The van der Waals surface area contributed by atoms with E-state index in [9.17, 15) is 13.2 Å². The van der Waals surface area contributed by atoms with E-state index < -0.39 is 16.1 Å². The van der Waals surface area contributed by atoms with Gasteiger partial charge in [-0.05, 0) is 40.4 Å². The van der Waals surface area contributed by atoms with Crippen LogP contribution in [0.25, 0.3) is 0 Å². The number of nitrogens with one attached hydrogen (secondary N) is 2. The first-order valence-corrected chi connectivity index (χ1v) is 10.2. The quantitative estimate of drug-likeness (QED) is 0.767. The lowest BCUT2D eigenvalue weighted by Crippen LogP contribution is -2.33. The SMILES string of the molecule is CC(C)Cc1ccc(S(=O)(=O)NC(=O)Nc2ncc(Br)s2)s1. The van der Waals surface area contributed by atoms with E-state index in [2.05, 4.69) is 40.1 Å². The minimum absolute atomic E-state index is 0.124. The third-order valence-electron chi connectivity index (χ3n) is 2.44. The fourth-order valence-corrected chi connectivity index (χ4v) is 5.20. The molecule has 0 radical (unpaired) electrons. The Balaban J connectivity index is 2.03. The maximum Gasteiger partial charge on any atom is 0.334 e. The van der Waals surface area contributed by atoms with Gasteiger partial charge in [0.25, 0.3) is 10.0 Å². The highest BCUT2D eigenvalue weighted by Crippen LogP contribution is 2.25. The summed E-state index contributed by atoms with van der Waals surface area (Å²) >= 11 is 5.57. The summed E-state index contributed by atoms with van der Waals surface area (Å²) in [5, 5.41) is 2.69. The molecule has 0 saturated heterocycles. The summed E-state index contributed by atoms with van der Waals surface area (Å²) in [5.41, 5.74) is 0. The molecule has 2 aromatic heterocycles. The van der Waals surface area contributed by atoms with E-state index in [1.165, 1.54) is 34.9 Å². The number of halogens is 1. The Kier molecular flexibility index (Phi) is 5.59. The van der Waals surface area contributed by atoms with Gasteiger partial charge in [0, 0.05) is 4.88 Å². The van der Waals surface area contributed by atoms with E-state index >= 15 is 0 Å². The minimum atomic E-state index is -3.87. The molecule has 0 spiro atoms. The van der Waals surface area contributed by atoms with E-state index in [0.29, 0.717) is 11.0 Å². The van der Waals surface area contributed by atoms with E-state index in [4.69, 9.17) is 0 Å². The van der Waals surface area contributed by atoms with Gasteiger partial charge in [0.1, 0.15) is 4.21 Å². The fraction of sp³-hybridized carbons (Fsp3) is 0.333. The molecule has 0 fully saturated rings. The molecule has 22 heavy (non-hydrogen) atoms. The molecule has 120 valence electrons. The van der Waals surface area contributed by atoms with Crippen LogP contribution < -0.4 is 10.0 Å². The summed E-state index contributed by atoms with van der Waals surface area (Å²) in [6, 6.07) is 2.45. The number of urea groups is 1. The molecule has 0 bridgehead atoms. The van der Waals surface area contributed by atoms with Gasteiger partial charge in [-0.15, -0.1) is 11.3 Å². The number of sulfonamides is 1. The predicted octanol–water partition coefficient (Wildman–Crippen LogP) is 3.68. The molecule has 6 nitrogen and oxygen atoms in total. The Hall–Kier alpha value is -0.970. The number of thiophene rings is 1. The molecular formula is C12H14BrN3O3S3. The summed E-state index contributed by atoms with van der Waals surface area (Å²) in [4.78, 5) is 16.6. The van der Waals surface area contributed by atoms with Gasteiger partial charge in [-0.3, -0.25) is 5.32 Å². The number of hydrogen-bond acceptors (Lipinski definition) is 6. The molecule has 0 saturated carbocycles. The molecule has 0 aliphatic carbocycles. The minimum Gasteiger partial charge on any atom is -0.283 e. The molecule has 0 aliphatic heterocycles. The monoisotopic (exact) mass is 423 g/mol. The lowest BCUT2D eigenvalue weighted by molar-refractivity contribution is 0.256. The number of nitrogens with zero attached hydrogens (tertiary/aromatic N) is 1. The van der Waals surface area contributed by atoms with Crippen LogP contribution >= 0.6 is 38.6 Å². The highest BCUT2D eigenvalue weighted by molar-refractivity contribution is 9.11. The number of hydrogen-bond donors (Lipinski definition) is 2. The Morgan fingerprint density at radius 1 is 1.36 bits per heavy atom. The summed E-state index contributed by atoms with van der Waals surface area (Å²) in [5.74, 6) is 0.439. The Labute approximate surface area is 145 Å². The molecule has 2 heterocycles. The summed E-state index contributed by atoms with van der Waals surface area (Å²) < 4.78 is 27.1.